The summed E-state index contributed by atoms with van der Waals surface area (Å²) in [6.07, 6.45) is -0.135. The van der Waals surface area contributed by atoms with Crippen LogP contribution in [0.25, 0.3) is 0 Å². The molecule has 0 aliphatic carbocycles. The molecule has 0 N–H and O–H groups in total. The Morgan fingerprint density at radius 1 is 0.850 bits per heavy atom. The summed E-state index contributed by atoms with van der Waals surface area (Å²) in [7, 11) is 3.66. The molecule has 4 atom stereocenters. The van der Waals surface area contributed by atoms with Gasteiger partial charge in [-0.15, -0.1) is 0 Å². The minimum absolute atomic E-state index is 0.0121. The molecule has 2 heterocycles. The van der Waals surface area contributed by atoms with Crippen molar-refractivity contribution in [1.82, 2.24) is 19.6 Å². The van der Waals surface area contributed by atoms with Crippen molar-refractivity contribution >= 4 is 12.1 Å². The number of carbonyl (C=O) groups is 2. The van der Waals surface area contributed by atoms with Crippen LogP contribution in [0, 0.1) is 5.92 Å². The molecule has 0 aromatic carbocycles. The van der Waals surface area contributed by atoms with Crippen LogP contribution in [0.4, 0.5) is 9.59 Å². The first-order chi connectivity index (χ1) is 9.36. The number of amides is 4. The molecule has 0 unspecified atom stereocenters. The van der Waals surface area contributed by atoms with Crippen molar-refractivity contribution in [2.24, 2.45) is 5.92 Å². The lowest BCUT2D eigenvalue weighted by Gasteiger charge is -2.58. The highest BCUT2D eigenvalue weighted by molar-refractivity contribution is 5.80. The molecule has 6 heteroatoms. The number of hydrogen-bond acceptors (Lipinski definition) is 2. The first kappa shape index (κ1) is 14.9. The van der Waals surface area contributed by atoms with Crippen molar-refractivity contribution in [3.05, 3.63) is 0 Å². The van der Waals surface area contributed by atoms with Gasteiger partial charge in [-0.1, -0.05) is 0 Å². The Morgan fingerprint density at radius 3 is 1.85 bits per heavy atom. The van der Waals surface area contributed by atoms with Crippen LogP contribution in [0.1, 0.15) is 27.7 Å². The Kier molecular flexibility index (Phi) is 3.84. The summed E-state index contributed by atoms with van der Waals surface area (Å²) in [6.45, 7) is 9.46. The Bertz CT molecular complexity index is 414. The lowest BCUT2D eigenvalue weighted by atomic mass is 9.83. The fourth-order valence-electron chi connectivity index (χ4n) is 3.77. The predicted octanol–water partition coefficient (Wildman–Crippen LogP) is 1.48. The summed E-state index contributed by atoms with van der Waals surface area (Å²) >= 11 is 0. The number of nitrogens with zero attached hydrogens (tertiary/aromatic N) is 4. The molecule has 20 heavy (non-hydrogen) atoms. The molecule has 2 saturated heterocycles. The van der Waals surface area contributed by atoms with Crippen LogP contribution in [0.2, 0.25) is 0 Å². The average molecular weight is 282 g/mol. The van der Waals surface area contributed by atoms with Crippen LogP contribution >= 0.6 is 0 Å². The fourth-order valence-corrected chi connectivity index (χ4v) is 3.77. The quantitative estimate of drug-likeness (QED) is 0.770. The summed E-state index contributed by atoms with van der Waals surface area (Å²) in [5, 5.41) is 0. The van der Waals surface area contributed by atoms with Gasteiger partial charge in [0.1, 0.15) is 6.17 Å². The van der Waals surface area contributed by atoms with E-state index in [1.165, 1.54) is 0 Å². The minimum Gasteiger partial charge on any atom is -0.324 e. The van der Waals surface area contributed by atoms with Gasteiger partial charge in [-0.3, -0.25) is 0 Å². The number of fused-ring (bicyclic) bond motifs is 1. The number of urea groups is 2. The van der Waals surface area contributed by atoms with Crippen molar-refractivity contribution in [3.8, 4) is 0 Å². The van der Waals surface area contributed by atoms with Gasteiger partial charge in [-0.2, -0.15) is 0 Å². The Balaban J connectivity index is 2.45. The highest BCUT2D eigenvalue weighted by Gasteiger charge is 2.53. The molecule has 0 saturated carbocycles. The van der Waals surface area contributed by atoms with Gasteiger partial charge in [0.2, 0.25) is 0 Å². The lowest BCUT2D eigenvalue weighted by molar-refractivity contribution is -0.0704. The van der Waals surface area contributed by atoms with E-state index in [1.807, 2.05) is 37.7 Å². The second-order valence-corrected chi connectivity index (χ2v) is 5.83. The number of carbonyl (C=O) groups excluding carboxylic acids is 2. The molecule has 4 amide bonds. The fraction of sp³-hybridized carbons (Fsp3) is 0.857. The van der Waals surface area contributed by atoms with Crippen molar-refractivity contribution in [1.29, 1.82) is 0 Å². The highest BCUT2D eigenvalue weighted by atomic mass is 16.2. The molecule has 0 radical (unpaired) electrons. The van der Waals surface area contributed by atoms with Gasteiger partial charge in [0.15, 0.2) is 0 Å². The van der Waals surface area contributed by atoms with Gasteiger partial charge in [0, 0.05) is 45.2 Å². The smallest absolute Gasteiger partial charge is 0.321 e. The highest BCUT2D eigenvalue weighted by Crippen LogP contribution is 2.36. The summed E-state index contributed by atoms with van der Waals surface area (Å²) in [5.74, 6) is 0.236. The monoisotopic (exact) mass is 282 g/mol. The molecule has 0 aromatic rings. The van der Waals surface area contributed by atoms with Gasteiger partial charge in [-0.25, -0.2) is 9.59 Å². The normalized spacial score (nSPS) is 34.7. The molecule has 2 aliphatic heterocycles. The Hall–Kier alpha value is -1.46. The molecule has 0 aromatic heterocycles. The van der Waals surface area contributed by atoms with Crippen LogP contribution in [-0.4, -0.2) is 77.1 Å². The van der Waals surface area contributed by atoms with Crippen molar-refractivity contribution < 1.29 is 9.59 Å². The molecular weight excluding hydrogens is 256 g/mol. The second kappa shape index (κ2) is 5.14. The number of rotatable bonds is 2. The van der Waals surface area contributed by atoms with E-state index in [2.05, 4.69) is 13.8 Å². The van der Waals surface area contributed by atoms with Gasteiger partial charge >= 0.3 is 12.1 Å². The SMILES string of the molecule is CCN1C(=O)N(C)[C@@H]2[C@H]([C@H]1C)[C@H](C)N(C)C(=O)N2CC. The average Bonchev–Trinajstić information content (AvgIpc) is 2.42. The Labute approximate surface area is 121 Å². The first-order valence-corrected chi connectivity index (χ1v) is 7.43. The lowest BCUT2D eigenvalue weighted by Crippen LogP contribution is -2.74. The molecule has 6 nitrogen and oxygen atoms in total. The van der Waals surface area contributed by atoms with Gasteiger partial charge < -0.3 is 19.6 Å². The van der Waals surface area contributed by atoms with E-state index in [4.69, 9.17) is 0 Å². The van der Waals surface area contributed by atoms with Gasteiger partial charge in [-0.05, 0) is 27.7 Å². The van der Waals surface area contributed by atoms with E-state index in [1.54, 1.807) is 9.80 Å². The summed E-state index contributed by atoms with van der Waals surface area (Å²) in [6, 6.07) is 0.283. The maximum absolute atomic E-state index is 12.5. The summed E-state index contributed by atoms with van der Waals surface area (Å²) in [5.41, 5.74) is 0. The molecule has 0 spiro atoms. The van der Waals surface area contributed by atoms with Crippen molar-refractivity contribution in [2.45, 2.75) is 45.9 Å². The van der Waals surface area contributed by atoms with Crippen LogP contribution in [-0.2, 0) is 0 Å². The molecule has 2 aliphatic rings. The second-order valence-electron chi connectivity index (χ2n) is 5.83. The van der Waals surface area contributed by atoms with Crippen LogP contribution < -0.4 is 0 Å². The molecule has 0 bridgehead atoms. The summed E-state index contributed by atoms with van der Waals surface area (Å²) in [4.78, 5) is 32.2. The molecule has 114 valence electrons. The maximum atomic E-state index is 12.5. The Morgan fingerprint density at radius 2 is 1.35 bits per heavy atom. The third-order valence-electron chi connectivity index (χ3n) is 5.05. The first-order valence-electron chi connectivity index (χ1n) is 7.43. The van der Waals surface area contributed by atoms with Crippen molar-refractivity contribution in [3.63, 3.8) is 0 Å². The van der Waals surface area contributed by atoms with Crippen LogP contribution in [0.5, 0.6) is 0 Å². The zero-order valence-electron chi connectivity index (χ0n) is 13.3. The van der Waals surface area contributed by atoms with Crippen molar-refractivity contribution in [2.75, 3.05) is 27.2 Å². The van der Waals surface area contributed by atoms with E-state index in [0.29, 0.717) is 13.1 Å². The van der Waals surface area contributed by atoms with E-state index in [-0.39, 0.29) is 36.2 Å². The van der Waals surface area contributed by atoms with E-state index < -0.39 is 0 Å². The van der Waals surface area contributed by atoms with Gasteiger partial charge in [0.05, 0.1) is 0 Å². The predicted molar refractivity (Wildman–Crippen MR) is 77.3 cm³/mol. The van der Waals surface area contributed by atoms with Crippen LogP contribution in [0.3, 0.4) is 0 Å². The number of hydrogen-bond donors (Lipinski definition) is 0. The topological polar surface area (TPSA) is 47.1 Å². The zero-order chi connectivity index (χ0) is 15.2. The third-order valence-corrected chi connectivity index (χ3v) is 5.05. The van der Waals surface area contributed by atoms with E-state index in [0.717, 1.165) is 0 Å². The van der Waals surface area contributed by atoms with Crippen LogP contribution in [0.15, 0.2) is 0 Å². The van der Waals surface area contributed by atoms with E-state index in [9.17, 15) is 9.59 Å². The largest absolute Gasteiger partial charge is 0.324 e. The minimum atomic E-state index is -0.135. The molecule has 2 fully saturated rings. The van der Waals surface area contributed by atoms with E-state index >= 15 is 0 Å². The summed E-state index contributed by atoms with van der Waals surface area (Å²) < 4.78 is 0. The van der Waals surface area contributed by atoms with Gasteiger partial charge in [0.25, 0.3) is 0 Å². The maximum Gasteiger partial charge on any atom is 0.321 e. The molecule has 2 rings (SSSR count). The zero-order valence-corrected chi connectivity index (χ0v) is 13.3. The molecular formula is C14H26N4O2. The standard InChI is InChI=1S/C14H26N4O2/c1-7-17-10(4)11-9(3)15(5)13(19)18(8-2)12(11)16(6)14(17)20/h9-12H,7-8H2,1-6H3/t9-,10+,11-,12-/m0/s1. The third kappa shape index (κ3) is 1.84.